The van der Waals surface area contributed by atoms with Crippen LogP contribution >= 0.6 is 0 Å². The molecule has 0 heterocycles. The summed E-state index contributed by atoms with van der Waals surface area (Å²) in [5.74, 6) is -0.0268. The predicted octanol–water partition coefficient (Wildman–Crippen LogP) is 2.72. The summed E-state index contributed by atoms with van der Waals surface area (Å²) in [6.45, 7) is -0.00315. The summed E-state index contributed by atoms with van der Waals surface area (Å²) in [7, 11) is 2.97. The summed E-state index contributed by atoms with van der Waals surface area (Å²) in [6.07, 6.45) is 0. The summed E-state index contributed by atoms with van der Waals surface area (Å²) in [6, 6.07) is 13.1. The van der Waals surface area contributed by atoms with E-state index in [1.807, 2.05) is 18.2 Å². The predicted molar refractivity (Wildman–Crippen MR) is 74.3 cm³/mol. The average molecular weight is 276 g/mol. The minimum Gasteiger partial charge on any atom is -0.496 e. The molecule has 0 saturated heterocycles. The van der Waals surface area contributed by atoms with Crippen LogP contribution in [0.15, 0.2) is 48.5 Å². The molecule has 0 bridgehead atoms. The highest BCUT2D eigenvalue weighted by Gasteiger charge is 2.34. The number of hydrogen-bond donors (Lipinski definition) is 1. The van der Waals surface area contributed by atoms with Gasteiger partial charge in [-0.25, -0.2) is 4.39 Å². The van der Waals surface area contributed by atoms with Crippen LogP contribution in [-0.4, -0.2) is 25.9 Å². The Morgan fingerprint density at radius 1 is 1.10 bits per heavy atom. The molecule has 0 fully saturated rings. The summed E-state index contributed by atoms with van der Waals surface area (Å²) in [5, 5.41) is 11.0. The Hall–Kier alpha value is -1.91. The van der Waals surface area contributed by atoms with E-state index in [0.717, 1.165) is 0 Å². The lowest BCUT2D eigenvalue weighted by molar-refractivity contribution is -0.00499. The molecule has 2 aromatic rings. The molecule has 0 aromatic heterocycles. The van der Waals surface area contributed by atoms with E-state index in [4.69, 9.17) is 9.47 Å². The zero-order valence-electron chi connectivity index (χ0n) is 11.5. The molecule has 0 amide bonds. The van der Waals surface area contributed by atoms with Crippen LogP contribution in [-0.2, 0) is 10.3 Å². The molecule has 106 valence electrons. The highest BCUT2D eigenvalue weighted by atomic mass is 19.1. The van der Waals surface area contributed by atoms with Crippen molar-refractivity contribution in [3.05, 3.63) is 65.5 Å². The maximum absolute atomic E-state index is 13.6. The van der Waals surface area contributed by atoms with Crippen molar-refractivity contribution in [3.63, 3.8) is 0 Å². The standard InChI is InChI=1S/C16H17FO3/c1-19-11-16(18,12-6-4-3-5-7-12)14-10-13(17)8-9-15(14)20-2/h3-10,18H,11H2,1-2H3. The van der Waals surface area contributed by atoms with E-state index in [0.29, 0.717) is 16.9 Å². The molecule has 2 aromatic carbocycles. The van der Waals surface area contributed by atoms with Gasteiger partial charge in [-0.05, 0) is 23.8 Å². The van der Waals surface area contributed by atoms with Gasteiger partial charge < -0.3 is 14.6 Å². The third kappa shape index (κ3) is 2.66. The van der Waals surface area contributed by atoms with Crippen LogP contribution in [0.1, 0.15) is 11.1 Å². The number of halogens is 1. The third-order valence-corrected chi connectivity index (χ3v) is 3.21. The molecule has 0 saturated carbocycles. The molecule has 0 aliphatic rings. The number of methoxy groups -OCH3 is 2. The molecule has 0 radical (unpaired) electrons. The van der Waals surface area contributed by atoms with Crippen molar-refractivity contribution < 1.29 is 19.0 Å². The second-order valence-corrected chi connectivity index (χ2v) is 4.50. The smallest absolute Gasteiger partial charge is 0.141 e. The van der Waals surface area contributed by atoms with Crippen LogP contribution in [0.4, 0.5) is 4.39 Å². The van der Waals surface area contributed by atoms with Crippen LogP contribution in [0, 0.1) is 5.82 Å². The molecule has 0 aliphatic carbocycles. The molecule has 2 rings (SSSR count). The van der Waals surface area contributed by atoms with Crippen molar-refractivity contribution in [3.8, 4) is 5.75 Å². The summed E-state index contributed by atoms with van der Waals surface area (Å²) in [4.78, 5) is 0. The van der Waals surface area contributed by atoms with Crippen molar-refractivity contribution >= 4 is 0 Å². The Labute approximate surface area is 117 Å². The normalized spacial score (nSPS) is 13.8. The highest BCUT2D eigenvalue weighted by molar-refractivity contribution is 5.45. The van der Waals surface area contributed by atoms with Crippen molar-refractivity contribution in [2.24, 2.45) is 0 Å². The Kier molecular flexibility index (Phi) is 4.37. The summed E-state index contributed by atoms with van der Waals surface area (Å²) < 4.78 is 23.9. The largest absolute Gasteiger partial charge is 0.496 e. The van der Waals surface area contributed by atoms with Gasteiger partial charge in [0, 0.05) is 12.7 Å². The van der Waals surface area contributed by atoms with E-state index in [-0.39, 0.29) is 6.61 Å². The third-order valence-electron chi connectivity index (χ3n) is 3.21. The van der Waals surface area contributed by atoms with Gasteiger partial charge in [-0.1, -0.05) is 30.3 Å². The molecule has 0 spiro atoms. The Morgan fingerprint density at radius 2 is 1.80 bits per heavy atom. The van der Waals surface area contributed by atoms with Gasteiger partial charge in [-0.2, -0.15) is 0 Å². The molecular weight excluding hydrogens is 259 g/mol. The highest BCUT2D eigenvalue weighted by Crippen LogP contribution is 2.36. The number of aliphatic hydroxyl groups is 1. The van der Waals surface area contributed by atoms with E-state index < -0.39 is 11.4 Å². The van der Waals surface area contributed by atoms with Crippen LogP contribution in [0.3, 0.4) is 0 Å². The van der Waals surface area contributed by atoms with Gasteiger partial charge in [0.2, 0.25) is 0 Å². The molecule has 20 heavy (non-hydrogen) atoms. The fourth-order valence-electron chi connectivity index (χ4n) is 2.24. The molecule has 0 aliphatic heterocycles. The number of ether oxygens (including phenoxy) is 2. The summed E-state index contributed by atoms with van der Waals surface area (Å²) in [5.41, 5.74) is -0.512. The van der Waals surface area contributed by atoms with Crippen LogP contribution < -0.4 is 4.74 Å². The number of hydrogen-bond acceptors (Lipinski definition) is 3. The zero-order chi connectivity index (χ0) is 14.6. The minimum absolute atomic E-state index is 0.00315. The fraction of sp³-hybridized carbons (Fsp3) is 0.250. The van der Waals surface area contributed by atoms with E-state index in [1.54, 1.807) is 12.1 Å². The molecule has 3 nitrogen and oxygen atoms in total. The van der Waals surface area contributed by atoms with Crippen LogP contribution in [0.25, 0.3) is 0 Å². The topological polar surface area (TPSA) is 38.7 Å². The van der Waals surface area contributed by atoms with Crippen molar-refractivity contribution in [1.29, 1.82) is 0 Å². The lowest BCUT2D eigenvalue weighted by Gasteiger charge is -2.30. The monoisotopic (exact) mass is 276 g/mol. The van der Waals surface area contributed by atoms with Gasteiger partial charge in [0.05, 0.1) is 13.7 Å². The summed E-state index contributed by atoms with van der Waals surface area (Å²) >= 11 is 0. The average Bonchev–Trinajstić information content (AvgIpc) is 2.48. The van der Waals surface area contributed by atoms with Gasteiger partial charge in [-0.15, -0.1) is 0 Å². The molecular formula is C16H17FO3. The van der Waals surface area contributed by atoms with E-state index in [2.05, 4.69) is 0 Å². The molecule has 1 N–H and O–H groups in total. The first-order chi connectivity index (χ1) is 9.61. The quantitative estimate of drug-likeness (QED) is 0.912. The Bertz CT molecular complexity index is 571. The number of benzene rings is 2. The van der Waals surface area contributed by atoms with Gasteiger partial charge >= 0.3 is 0 Å². The maximum Gasteiger partial charge on any atom is 0.141 e. The molecule has 1 atom stereocenters. The van der Waals surface area contributed by atoms with Crippen molar-refractivity contribution in [1.82, 2.24) is 0 Å². The lowest BCUT2D eigenvalue weighted by Crippen LogP contribution is -2.33. The Balaban J connectivity index is 2.61. The second kappa shape index (κ2) is 6.03. The second-order valence-electron chi connectivity index (χ2n) is 4.50. The first-order valence-electron chi connectivity index (χ1n) is 6.22. The van der Waals surface area contributed by atoms with Crippen molar-refractivity contribution in [2.45, 2.75) is 5.60 Å². The number of rotatable bonds is 5. The van der Waals surface area contributed by atoms with Crippen LogP contribution in [0.2, 0.25) is 0 Å². The minimum atomic E-state index is -1.47. The fourth-order valence-corrected chi connectivity index (χ4v) is 2.24. The zero-order valence-corrected chi connectivity index (χ0v) is 11.5. The first kappa shape index (κ1) is 14.5. The van der Waals surface area contributed by atoms with Crippen molar-refractivity contribution in [2.75, 3.05) is 20.8 Å². The maximum atomic E-state index is 13.6. The Morgan fingerprint density at radius 3 is 2.40 bits per heavy atom. The molecule has 1 unspecified atom stereocenters. The van der Waals surface area contributed by atoms with E-state index in [1.165, 1.54) is 32.4 Å². The first-order valence-corrected chi connectivity index (χ1v) is 6.22. The van der Waals surface area contributed by atoms with E-state index in [9.17, 15) is 9.50 Å². The van der Waals surface area contributed by atoms with Gasteiger partial charge in [0.1, 0.15) is 17.2 Å². The van der Waals surface area contributed by atoms with Crippen LogP contribution in [0.5, 0.6) is 5.75 Å². The van der Waals surface area contributed by atoms with Gasteiger partial charge in [-0.3, -0.25) is 0 Å². The van der Waals surface area contributed by atoms with Gasteiger partial charge in [0.15, 0.2) is 0 Å². The van der Waals surface area contributed by atoms with Gasteiger partial charge in [0.25, 0.3) is 0 Å². The SMILES string of the molecule is COCC(O)(c1ccccc1)c1cc(F)ccc1OC. The lowest BCUT2D eigenvalue weighted by atomic mass is 9.86. The van der Waals surface area contributed by atoms with E-state index >= 15 is 0 Å². The molecule has 4 heteroatoms.